The van der Waals surface area contributed by atoms with E-state index in [9.17, 15) is 13.2 Å². The van der Waals surface area contributed by atoms with E-state index in [1.54, 1.807) is 4.31 Å². The summed E-state index contributed by atoms with van der Waals surface area (Å²) in [5.41, 5.74) is 1.15. The van der Waals surface area contributed by atoms with Crippen molar-refractivity contribution in [3.8, 4) is 0 Å². The highest BCUT2D eigenvalue weighted by Crippen LogP contribution is 2.28. The Kier molecular flexibility index (Phi) is 8.44. The number of aromatic nitrogens is 1. The van der Waals surface area contributed by atoms with Gasteiger partial charge in [-0.3, -0.25) is 4.79 Å². The van der Waals surface area contributed by atoms with E-state index in [1.165, 1.54) is 35.6 Å². The van der Waals surface area contributed by atoms with Crippen molar-refractivity contribution in [2.24, 2.45) is 4.99 Å². The molecule has 0 N–H and O–H groups in total. The first-order valence-corrected chi connectivity index (χ1v) is 14.6. The third-order valence-corrected chi connectivity index (χ3v) is 9.58. The van der Waals surface area contributed by atoms with Crippen LogP contribution in [0.15, 0.2) is 52.4 Å². The minimum atomic E-state index is -3.61. The van der Waals surface area contributed by atoms with Crippen LogP contribution < -0.4 is 4.80 Å². The molecule has 0 aliphatic carbocycles. The van der Waals surface area contributed by atoms with Crippen molar-refractivity contribution in [3.63, 3.8) is 0 Å². The number of thiazole rings is 1. The molecular formula is C25H30ClN3O4S2. The third-order valence-electron chi connectivity index (χ3n) is 6.26. The van der Waals surface area contributed by atoms with Gasteiger partial charge in [0.05, 0.1) is 26.7 Å². The minimum Gasteiger partial charge on any atom is -0.380 e. The molecule has 1 aromatic heterocycles. The van der Waals surface area contributed by atoms with Crippen LogP contribution in [0.25, 0.3) is 10.2 Å². The quantitative estimate of drug-likeness (QED) is 0.376. The topological polar surface area (TPSA) is 81.0 Å². The first-order valence-electron chi connectivity index (χ1n) is 11.9. The highest BCUT2D eigenvalue weighted by molar-refractivity contribution is 7.89. The molecule has 188 valence electrons. The lowest BCUT2D eigenvalue weighted by molar-refractivity contribution is 0.0996. The summed E-state index contributed by atoms with van der Waals surface area (Å²) in [4.78, 5) is 18.1. The zero-order chi connectivity index (χ0) is 25.0. The van der Waals surface area contributed by atoms with Crippen LogP contribution >= 0.6 is 22.9 Å². The number of piperidine rings is 1. The van der Waals surface area contributed by atoms with Crippen LogP contribution in [0.4, 0.5) is 0 Å². The molecule has 1 atom stereocenters. The van der Waals surface area contributed by atoms with Gasteiger partial charge in [0.25, 0.3) is 5.91 Å². The second-order valence-corrected chi connectivity index (χ2v) is 11.7. The Hall–Kier alpha value is -2.04. The zero-order valence-corrected chi connectivity index (χ0v) is 22.3. The van der Waals surface area contributed by atoms with Crippen LogP contribution in [0.3, 0.4) is 0 Å². The average Bonchev–Trinajstić information content (AvgIpc) is 3.22. The smallest absolute Gasteiger partial charge is 0.279 e. The fourth-order valence-electron chi connectivity index (χ4n) is 4.43. The minimum absolute atomic E-state index is 0.0250. The zero-order valence-electron chi connectivity index (χ0n) is 19.9. The van der Waals surface area contributed by atoms with E-state index in [4.69, 9.17) is 16.3 Å². The van der Waals surface area contributed by atoms with Crippen molar-refractivity contribution < 1.29 is 17.9 Å². The van der Waals surface area contributed by atoms with Gasteiger partial charge >= 0.3 is 0 Å². The first-order chi connectivity index (χ1) is 16.9. The maximum absolute atomic E-state index is 13.2. The van der Waals surface area contributed by atoms with E-state index in [0.29, 0.717) is 41.7 Å². The van der Waals surface area contributed by atoms with Crippen molar-refractivity contribution in [3.05, 3.63) is 57.9 Å². The molecule has 1 aliphatic heterocycles. The number of carbonyl (C=O) groups excluding carboxylic acids is 1. The normalized spacial score (nSPS) is 17.8. The van der Waals surface area contributed by atoms with Crippen LogP contribution in [0.5, 0.6) is 0 Å². The van der Waals surface area contributed by atoms with E-state index in [-0.39, 0.29) is 10.9 Å². The summed E-state index contributed by atoms with van der Waals surface area (Å²) in [5, 5.41) is 0.585. The number of carbonyl (C=O) groups is 1. The van der Waals surface area contributed by atoms with Gasteiger partial charge in [0, 0.05) is 31.3 Å². The number of para-hydroxylation sites is 1. The summed E-state index contributed by atoms with van der Waals surface area (Å²) in [6.45, 7) is 6.05. The molecular weight excluding hydrogens is 506 g/mol. The molecule has 1 amide bonds. The molecule has 1 saturated heterocycles. The lowest BCUT2D eigenvalue weighted by atomic mass is 10.0. The van der Waals surface area contributed by atoms with Gasteiger partial charge in [-0.25, -0.2) is 8.42 Å². The Morgan fingerprint density at radius 3 is 2.66 bits per heavy atom. The number of ether oxygens (including phenoxy) is 1. The summed E-state index contributed by atoms with van der Waals surface area (Å²) in [5.74, 6) is -0.439. The molecule has 0 bridgehead atoms. The number of sulfonamides is 1. The highest BCUT2D eigenvalue weighted by atomic mass is 35.5. The maximum Gasteiger partial charge on any atom is 0.279 e. The van der Waals surface area contributed by atoms with Crippen molar-refractivity contribution in [1.29, 1.82) is 0 Å². The molecule has 0 spiro atoms. The predicted molar refractivity (Wildman–Crippen MR) is 139 cm³/mol. The largest absolute Gasteiger partial charge is 0.380 e. The number of fused-ring (bicyclic) bond motifs is 1. The molecule has 0 radical (unpaired) electrons. The average molecular weight is 536 g/mol. The van der Waals surface area contributed by atoms with Gasteiger partial charge in [-0.15, -0.1) is 0 Å². The lowest BCUT2D eigenvalue weighted by Crippen LogP contribution is -2.43. The standard InChI is InChI=1S/C25H30ClN3O4S2/c1-3-19-8-5-6-15-29(19)35(31,32)20-13-11-18(12-14-20)24(30)27-25-28(16-17-33-4-2)23-21(26)9-7-10-22(23)34-25/h7,9-14,19H,3-6,8,15-17H2,1-2H3. The summed E-state index contributed by atoms with van der Waals surface area (Å²) in [6.07, 6.45) is 3.59. The number of benzene rings is 2. The molecule has 7 nitrogen and oxygen atoms in total. The number of amides is 1. The van der Waals surface area contributed by atoms with Crippen LogP contribution in [-0.2, 0) is 21.3 Å². The fraction of sp³-hybridized carbons (Fsp3) is 0.440. The van der Waals surface area contributed by atoms with E-state index in [1.807, 2.05) is 36.6 Å². The Morgan fingerprint density at radius 1 is 1.17 bits per heavy atom. The second-order valence-electron chi connectivity index (χ2n) is 8.43. The molecule has 35 heavy (non-hydrogen) atoms. The Morgan fingerprint density at radius 2 is 1.94 bits per heavy atom. The summed E-state index contributed by atoms with van der Waals surface area (Å²) in [6, 6.07) is 11.7. The molecule has 1 fully saturated rings. The van der Waals surface area contributed by atoms with Crippen molar-refractivity contribution in [2.75, 3.05) is 19.8 Å². The Labute approximate surface area is 215 Å². The first kappa shape index (κ1) is 26.0. The molecule has 10 heteroatoms. The number of hydrogen-bond donors (Lipinski definition) is 0. The van der Waals surface area contributed by atoms with Crippen molar-refractivity contribution in [2.45, 2.75) is 57.0 Å². The number of hydrogen-bond acceptors (Lipinski definition) is 5. The molecule has 2 aromatic carbocycles. The monoisotopic (exact) mass is 535 g/mol. The molecule has 3 aromatic rings. The van der Waals surface area contributed by atoms with Crippen LogP contribution in [0, 0.1) is 0 Å². The van der Waals surface area contributed by atoms with E-state index in [2.05, 4.69) is 4.99 Å². The van der Waals surface area contributed by atoms with Gasteiger partial charge in [-0.05, 0) is 62.6 Å². The van der Waals surface area contributed by atoms with Gasteiger partial charge in [-0.2, -0.15) is 9.30 Å². The van der Waals surface area contributed by atoms with E-state index in [0.717, 1.165) is 35.9 Å². The number of halogens is 1. The molecule has 2 heterocycles. The Bertz CT molecular complexity index is 1360. The van der Waals surface area contributed by atoms with Crippen LogP contribution in [0.1, 0.15) is 49.9 Å². The third kappa shape index (κ3) is 5.54. The summed E-state index contributed by atoms with van der Waals surface area (Å²) in [7, 11) is -3.61. The fourth-order valence-corrected chi connectivity index (χ4v) is 7.62. The highest BCUT2D eigenvalue weighted by Gasteiger charge is 2.32. The molecule has 0 saturated carbocycles. The van der Waals surface area contributed by atoms with Crippen molar-refractivity contribution >= 4 is 49.1 Å². The Balaban J connectivity index is 1.64. The van der Waals surface area contributed by atoms with E-state index >= 15 is 0 Å². The molecule has 1 unspecified atom stereocenters. The predicted octanol–water partition coefficient (Wildman–Crippen LogP) is 5.09. The van der Waals surface area contributed by atoms with Gasteiger partial charge in [0.2, 0.25) is 10.0 Å². The van der Waals surface area contributed by atoms with Gasteiger partial charge in [0.15, 0.2) is 4.80 Å². The SMILES string of the molecule is CCOCCn1c(=NC(=O)c2ccc(S(=O)(=O)N3CCCCC3CC)cc2)sc2cccc(Cl)c21. The maximum atomic E-state index is 13.2. The van der Waals surface area contributed by atoms with Gasteiger partial charge in [0.1, 0.15) is 0 Å². The van der Waals surface area contributed by atoms with Gasteiger partial charge < -0.3 is 9.30 Å². The van der Waals surface area contributed by atoms with Crippen LogP contribution in [-0.4, -0.2) is 49.0 Å². The van der Waals surface area contributed by atoms with Crippen LogP contribution in [0.2, 0.25) is 5.02 Å². The molecule has 4 rings (SSSR count). The van der Waals surface area contributed by atoms with E-state index < -0.39 is 15.9 Å². The lowest BCUT2D eigenvalue weighted by Gasteiger charge is -2.34. The van der Waals surface area contributed by atoms with Crippen molar-refractivity contribution in [1.82, 2.24) is 8.87 Å². The summed E-state index contributed by atoms with van der Waals surface area (Å²) >= 11 is 7.83. The number of rotatable bonds is 8. The number of nitrogens with zero attached hydrogens (tertiary/aromatic N) is 3. The van der Waals surface area contributed by atoms with Gasteiger partial charge in [-0.1, -0.05) is 42.3 Å². The second kappa shape index (κ2) is 11.3. The summed E-state index contributed by atoms with van der Waals surface area (Å²) < 4.78 is 36.4. The molecule has 1 aliphatic rings.